The highest BCUT2D eigenvalue weighted by molar-refractivity contribution is 5.86. The second-order valence-corrected chi connectivity index (χ2v) is 6.74. The summed E-state index contributed by atoms with van der Waals surface area (Å²) in [6, 6.07) is 11.4. The fraction of sp³-hybridized carbons (Fsp3) is 0.217. The van der Waals surface area contributed by atoms with Gasteiger partial charge in [-0.25, -0.2) is 4.68 Å². The standard InChI is InChI=1S/C23H24N2O5/c1-4-5-11-30-20-10-9-16(13-21(20)29-3)12-19-15(2)24-25(22(19)26)18-8-6-7-17(14-18)23(27)28/h6-10,12-14,24H,2,4-5,11H2,1,3H3,(H,27,28)/p-1/b19-12+. The van der Waals surface area contributed by atoms with Crippen LogP contribution in [0.1, 0.15) is 35.7 Å². The number of methoxy groups -OCH3 is 1. The summed E-state index contributed by atoms with van der Waals surface area (Å²) < 4.78 is 12.4. The molecule has 0 fully saturated rings. The average Bonchev–Trinajstić information content (AvgIpc) is 3.03. The minimum atomic E-state index is -1.31. The lowest BCUT2D eigenvalue weighted by molar-refractivity contribution is -0.255. The molecule has 0 atom stereocenters. The van der Waals surface area contributed by atoms with Crippen molar-refractivity contribution in [3.63, 3.8) is 0 Å². The molecule has 0 aliphatic heterocycles. The highest BCUT2D eigenvalue weighted by atomic mass is 16.5. The summed E-state index contributed by atoms with van der Waals surface area (Å²) in [4.78, 5) is 24.0. The van der Waals surface area contributed by atoms with Gasteiger partial charge in [0.1, 0.15) is 0 Å². The zero-order valence-corrected chi connectivity index (χ0v) is 16.9. The molecule has 1 heterocycles. The van der Waals surface area contributed by atoms with Crippen molar-refractivity contribution in [1.82, 2.24) is 9.78 Å². The number of unbranched alkanes of at least 4 members (excludes halogenated alkanes) is 1. The summed E-state index contributed by atoms with van der Waals surface area (Å²) in [5.41, 5.74) is 0.751. The number of aromatic carboxylic acids is 1. The minimum Gasteiger partial charge on any atom is -0.545 e. The molecule has 0 amide bonds. The minimum absolute atomic E-state index is 0.0199. The van der Waals surface area contributed by atoms with E-state index in [1.165, 1.54) is 16.8 Å². The lowest BCUT2D eigenvalue weighted by atomic mass is 10.1. The lowest BCUT2D eigenvalue weighted by Crippen LogP contribution is -2.34. The fourth-order valence-corrected chi connectivity index (χ4v) is 2.98. The Kier molecular flexibility index (Phi) is 6.41. The van der Waals surface area contributed by atoms with E-state index in [1.807, 2.05) is 6.07 Å². The van der Waals surface area contributed by atoms with E-state index in [9.17, 15) is 14.7 Å². The second-order valence-electron chi connectivity index (χ2n) is 6.74. The van der Waals surface area contributed by atoms with E-state index in [0.29, 0.717) is 34.4 Å². The first-order valence-electron chi connectivity index (χ1n) is 9.59. The quantitative estimate of drug-likeness (QED) is 0.561. The lowest BCUT2D eigenvalue weighted by Gasteiger charge is -2.10. The molecule has 156 valence electrons. The smallest absolute Gasteiger partial charge is 0.279 e. The molecule has 7 nitrogen and oxygen atoms in total. The summed E-state index contributed by atoms with van der Waals surface area (Å²) in [5.74, 6) is -0.0991. The zero-order chi connectivity index (χ0) is 21.7. The molecule has 0 aliphatic rings. The Balaban J connectivity index is 2.01. The van der Waals surface area contributed by atoms with Gasteiger partial charge in [0, 0.05) is 0 Å². The molecule has 1 aromatic heterocycles. The normalized spacial score (nSPS) is 11.5. The number of hydrogen-bond acceptors (Lipinski definition) is 5. The van der Waals surface area contributed by atoms with Crippen molar-refractivity contribution >= 4 is 18.6 Å². The van der Waals surface area contributed by atoms with E-state index in [0.717, 1.165) is 18.4 Å². The van der Waals surface area contributed by atoms with Gasteiger partial charge in [-0.1, -0.05) is 38.1 Å². The number of nitrogens with one attached hydrogen (secondary N) is 1. The van der Waals surface area contributed by atoms with E-state index < -0.39 is 5.97 Å². The van der Waals surface area contributed by atoms with Crippen LogP contribution in [0.15, 0.2) is 47.3 Å². The third-order valence-electron chi connectivity index (χ3n) is 4.60. The summed E-state index contributed by atoms with van der Waals surface area (Å²) in [6.45, 7) is 6.59. The van der Waals surface area contributed by atoms with Crippen LogP contribution in [0.5, 0.6) is 11.5 Å². The monoisotopic (exact) mass is 407 g/mol. The van der Waals surface area contributed by atoms with Crippen molar-refractivity contribution in [3.05, 3.63) is 74.5 Å². The number of carbonyl (C=O) groups is 1. The predicted molar refractivity (Wildman–Crippen MR) is 112 cm³/mol. The van der Waals surface area contributed by atoms with Crippen LogP contribution < -0.4 is 30.7 Å². The Morgan fingerprint density at radius 1 is 1.23 bits per heavy atom. The van der Waals surface area contributed by atoms with Crippen LogP contribution in [0.3, 0.4) is 0 Å². The van der Waals surface area contributed by atoms with Crippen molar-refractivity contribution in [2.75, 3.05) is 13.7 Å². The summed E-state index contributed by atoms with van der Waals surface area (Å²) in [5, 5.41) is 14.7. The molecule has 30 heavy (non-hydrogen) atoms. The van der Waals surface area contributed by atoms with Crippen LogP contribution in [0.25, 0.3) is 18.3 Å². The molecule has 0 bridgehead atoms. The fourth-order valence-electron chi connectivity index (χ4n) is 2.98. The van der Waals surface area contributed by atoms with Crippen molar-refractivity contribution in [2.45, 2.75) is 19.8 Å². The Bertz CT molecular complexity index is 1220. The molecule has 0 aliphatic carbocycles. The Morgan fingerprint density at radius 2 is 2.03 bits per heavy atom. The Morgan fingerprint density at radius 3 is 2.73 bits per heavy atom. The number of carbonyl (C=O) groups excluding carboxylic acids is 1. The second kappa shape index (κ2) is 9.17. The van der Waals surface area contributed by atoms with E-state index in [4.69, 9.17) is 9.47 Å². The van der Waals surface area contributed by atoms with Crippen molar-refractivity contribution in [2.24, 2.45) is 0 Å². The first kappa shape index (κ1) is 21.0. The van der Waals surface area contributed by atoms with E-state index in [2.05, 4.69) is 18.6 Å². The maximum absolute atomic E-state index is 12.9. The molecule has 3 rings (SSSR count). The van der Waals surface area contributed by atoms with Gasteiger partial charge in [-0.3, -0.25) is 9.89 Å². The Hall–Kier alpha value is -3.74. The molecule has 7 heteroatoms. The van der Waals surface area contributed by atoms with Crippen molar-refractivity contribution in [1.29, 1.82) is 0 Å². The van der Waals surface area contributed by atoms with Gasteiger partial charge in [-0.2, -0.15) is 0 Å². The van der Waals surface area contributed by atoms with Crippen LogP contribution in [0, 0.1) is 0 Å². The van der Waals surface area contributed by atoms with Crippen molar-refractivity contribution in [3.8, 4) is 17.2 Å². The van der Waals surface area contributed by atoms with Gasteiger partial charge in [0.2, 0.25) is 0 Å². The number of aromatic amines is 1. The van der Waals surface area contributed by atoms with Gasteiger partial charge >= 0.3 is 0 Å². The maximum atomic E-state index is 12.9. The molecule has 0 spiro atoms. The van der Waals surface area contributed by atoms with E-state index in [1.54, 1.807) is 37.5 Å². The van der Waals surface area contributed by atoms with Gasteiger partial charge in [0.15, 0.2) is 11.5 Å². The van der Waals surface area contributed by atoms with Crippen LogP contribution in [-0.2, 0) is 0 Å². The molecule has 0 unspecified atom stereocenters. The van der Waals surface area contributed by atoms with E-state index >= 15 is 0 Å². The van der Waals surface area contributed by atoms with Gasteiger partial charge in [0.25, 0.3) is 5.56 Å². The predicted octanol–water partition coefficient (Wildman–Crippen LogP) is 0.956. The van der Waals surface area contributed by atoms with Gasteiger partial charge in [-0.15, -0.1) is 0 Å². The molecular formula is C23H23N2O5-. The summed E-state index contributed by atoms with van der Waals surface area (Å²) in [7, 11) is 1.56. The summed E-state index contributed by atoms with van der Waals surface area (Å²) in [6.07, 6.45) is 3.68. The number of aromatic nitrogens is 2. The largest absolute Gasteiger partial charge is 0.545 e. The van der Waals surface area contributed by atoms with Gasteiger partial charge in [0.05, 0.1) is 35.9 Å². The molecular weight excluding hydrogens is 384 g/mol. The number of benzene rings is 2. The van der Waals surface area contributed by atoms with Crippen LogP contribution in [-0.4, -0.2) is 29.5 Å². The maximum Gasteiger partial charge on any atom is 0.279 e. The number of carboxylic acid groups (broad SMARTS) is 1. The topological polar surface area (TPSA) is 96.4 Å². The zero-order valence-electron chi connectivity index (χ0n) is 16.9. The molecule has 0 radical (unpaired) electrons. The number of ether oxygens (including phenoxy) is 2. The van der Waals surface area contributed by atoms with Crippen LogP contribution in [0.2, 0.25) is 0 Å². The first-order chi connectivity index (χ1) is 14.4. The number of H-pyrrole nitrogens is 1. The van der Waals surface area contributed by atoms with Crippen LogP contribution in [0.4, 0.5) is 0 Å². The number of rotatable bonds is 8. The highest BCUT2D eigenvalue weighted by Gasteiger charge is 2.08. The molecule has 2 aromatic carbocycles. The SMILES string of the molecule is C=c1[nH]n(-c2cccc(C(=O)[O-])c2)c(=O)/c1=C/c1ccc(OCCCC)c(OC)c1. The molecule has 0 saturated heterocycles. The summed E-state index contributed by atoms with van der Waals surface area (Å²) >= 11 is 0. The number of carboxylic acids is 1. The van der Waals surface area contributed by atoms with Gasteiger partial charge in [-0.05, 0) is 47.9 Å². The Labute approximate surface area is 173 Å². The molecule has 3 aromatic rings. The molecule has 1 N–H and O–H groups in total. The number of hydrogen-bond donors (Lipinski definition) is 1. The van der Waals surface area contributed by atoms with Gasteiger partial charge < -0.3 is 19.4 Å². The third kappa shape index (κ3) is 4.46. The van der Waals surface area contributed by atoms with E-state index in [-0.39, 0.29) is 11.1 Å². The third-order valence-corrected chi connectivity index (χ3v) is 4.60. The average molecular weight is 407 g/mol. The van der Waals surface area contributed by atoms with Crippen LogP contribution >= 0.6 is 0 Å². The van der Waals surface area contributed by atoms with Crippen molar-refractivity contribution < 1.29 is 19.4 Å². The first-order valence-corrected chi connectivity index (χ1v) is 9.59. The number of nitrogens with zero attached hydrogens (tertiary/aromatic N) is 1. The highest BCUT2D eigenvalue weighted by Crippen LogP contribution is 2.28. The molecule has 0 saturated carbocycles.